The number of halogens is 3. The predicted octanol–water partition coefficient (Wildman–Crippen LogP) is 2.62. The van der Waals surface area contributed by atoms with E-state index in [2.05, 4.69) is 0 Å². The first kappa shape index (κ1) is 19.4. The van der Waals surface area contributed by atoms with Crippen LogP contribution >= 0.6 is 0 Å². The number of alkyl halides is 3. The number of hydrogen-bond acceptors (Lipinski definition) is 3. The van der Waals surface area contributed by atoms with Gasteiger partial charge in [-0.05, 0) is 24.0 Å². The Balaban J connectivity index is 2.92. The van der Waals surface area contributed by atoms with Crippen LogP contribution in [0.5, 0.6) is 0 Å². The van der Waals surface area contributed by atoms with Crippen molar-refractivity contribution in [3.63, 3.8) is 0 Å². The van der Waals surface area contributed by atoms with Gasteiger partial charge in [0.05, 0.1) is 11.3 Å². The fourth-order valence-electron chi connectivity index (χ4n) is 1.99. The molecule has 0 aliphatic rings. The van der Waals surface area contributed by atoms with Crippen molar-refractivity contribution in [3.8, 4) is 0 Å². The largest absolute Gasteiger partial charge is 0.480 e. The molecule has 0 aliphatic heterocycles. The first-order valence-electron chi connectivity index (χ1n) is 6.79. The van der Waals surface area contributed by atoms with Crippen LogP contribution in [0, 0.1) is 5.92 Å². The summed E-state index contributed by atoms with van der Waals surface area (Å²) in [6.45, 7) is 3.47. The van der Waals surface area contributed by atoms with Gasteiger partial charge >= 0.3 is 12.1 Å². The summed E-state index contributed by atoms with van der Waals surface area (Å²) in [5, 5.41) is 9.03. The molecule has 0 heterocycles. The summed E-state index contributed by atoms with van der Waals surface area (Å²) in [6, 6.07) is 2.61. The zero-order valence-electron chi connectivity index (χ0n) is 12.6. The lowest BCUT2D eigenvalue weighted by Gasteiger charge is -2.17. The Morgan fingerprint density at radius 2 is 1.91 bits per heavy atom. The second-order valence-electron chi connectivity index (χ2n) is 5.60. The molecule has 0 aromatic heterocycles. The Morgan fingerprint density at radius 3 is 2.39 bits per heavy atom. The highest BCUT2D eigenvalue weighted by Gasteiger charge is 2.31. The molecule has 0 spiro atoms. The number of carbonyl (C=O) groups is 1. The second-order valence-corrected chi connectivity index (χ2v) is 7.35. The van der Waals surface area contributed by atoms with Crippen molar-refractivity contribution >= 4 is 16.0 Å². The molecule has 0 bridgehead atoms. The molecule has 1 aromatic rings. The molecule has 0 radical (unpaired) electrons. The molecule has 0 amide bonds. The summed E-state index contributed by atoms with van der Waals surface area (Å²) < 4.78 is 63.9. The van der Waals surface area contributed by atoms with Gasteiger partial charge in [0.25, 0.3) is 0 Å². The van der Waals surface area contributed by atoms with Gasteiger partial charge in [-0.15, -0.1) is 0 Å². The van der Waals surface area contributed by atoms with E-state index in [1.807, 2.05) is 4.72 Å². The van der Waals surface area contributed by atoms with Crippen LogP contribution in [0.4, 0.5) is 13.2 Å². The molecule has 0 aliphatic carbocycles. The summed E-state index contributed by atoms with van der Waals surface area (Å²) >= 11 is 0. The van der Waals surface area contributed by atoms with Crippen molar-refractivity contribution in [3.05, 3.63) is 35.4 Å². The van der Waals surface area contributed by atoms with Crippen LogP contribution in [-0.4, -0.2) is 25.5 Å². The summed E-state index contributed by atoms with van der Waals surface area (Å²) in [7, 11) is -4.08. The number of hydrogen-bond donors (Lipinski definition) is 2. The fourth-order valence-corrected chi connectivity index (χ4v) is 3.32. The predicted molar refractivity (Wildman–Crippen MR) is 78.1 cm³/mol. The molecule has 23 heavy (non-hydrogen) atoms. The third-order valence-electron chi connectivity index (χ3n) is 2.94. The SMILES string of the molecule is CC(C)C[C@@H](NS(=O)(=O)Cc1cccc(C(F)(F)F)c1)C(=O)O. The number of carboxylic acid groups (broad SMARTS) is 1. The average molecular weight is 353 g/mol. The standard InChI is InChI=1S/C14H18F3NO4S/c1-9(2)6-12(13(19)20)18-23(21,22)8-10-4-3-5-11(7-10)14(15,16)17/h3-5,7,9,12,18H,6,8H2,1-2H3,(H,19,20)/t12-/m1/s1. The molecule has 0 unspecified atom stereocenters. The van der Waals surface area contributed by atoms with Crippen molar-refractivity contribution in [1.82, 2.24) is 4.72 Å². The van der Waals surface area contributed by atoms with Crippen molar-refractivity contribution < 1.29 is 31.5 Å². The first-order chi connectivity index (χ1) is 10.4. The molecular weight excluding hydrogens is 335 g/mol. The number of sulfonamides is 1. The van der Waals surface area contributed by atoms with E-state index in [0.717, 1.165) is 18.2 Å². The third kappa shape index (κ3) is 6.57. The smallest absolute Gasteiger partial charge is 0.416 e. The van der Waals surface area contributed by atoms with Gasteiger partial charge in [0.15, 0.2) is 0 Å². The third-order valence-corrected chi connectivity index (χ3v) is 4.30. The summed E-state index contributed by atoms with van der Waals surface area (Å²) in [6.07, 6.45) is -4.49. The maximum atomic E-state index is 12.6. The summed E-state index contributed by atoms with van der Waals surface area (Å²) in [4.78, 5) is 11.1. The van der Waals surface area contributed by atoms with Gasteiger partial charge in [-0.1, -0.05) is 32.0 Å². The van der Waals surface area contributed by atoms with E-state index in [1.54, 1.807) is 13.8 Å². The van der Waals surface area contributed by atoms with E-state index >= 15 is 0 Å². The topological polar surface area (TPSA) is 83.5 Å². The number of nitrogens with one attached hydrogen (secondary N) is 1. The molecule has 2 N–H and O–H groups in total. The van der Waals surface area contributed by atoms with E-state index < -0.39 is 39.5 Å². The highest BCUT2D eigenvalue weighted by molar-refractivity contribution is 7.88. The Bertz CT molecular complexity index is 656. The first-order valence-corrected chi connectivity index (χ1v) is 8.45. The van der Waals surface area contributed by atoms with Crippen LogP contribution < -0.4 is 4.72 Å². The van der Waals surface area contributed by atoms with Gasteiger partial charge in [-0.25, -0.2) is 13.1 Å². The van der Waals surface area contributed by atoms with E-state index in [9.17, 15) is 26.4 Å². The Labute approximate surface area is 132 Å². The van der Waals surface area contributed by atoms with Crippen molar-refractivity contribution in [2.24, 2.45) is 5.92 Å². The van der Waals surface area contributed by atoms with Crippen LogP contribution in [0.2, 0.25) is 0 Å². The molecule has 0 saturated heterocycles. The van der Waals surface area contributed by atoms with E-state index in [1.165, 1.54) is 6.07 Å². The molecule has 130 valence electrons. The summed E-state index contributed by atoms with van der Waals surface area (Å²) in [5.74, 6) is -2.11. The van der Waals surface area contributed by atoms with Crippen LogP contribution in [0.3, 0.4) is 0 Å². The van der Waals surface area contributed by atoms with Gasteiger partial charge in [0.1, 0.15) is 6.04 Å². The molecule has 0 saturated carbocycles. The highest BCUT2D eigenvalue weighted by atomic mass is 32.2. The van der Waals surface area contributed by atoms with Crippen LogP contribution in [0.25, 0.3) is 0 Å². The Hall–Kier alpha value is -1.61. The highest BCUT2D eigenvalue weighted by Crippen LogP contribution is 2.29. The minimum Gasteiger partial charge on any atom is -0.480 e. The van der Waals surface area contributed by atoms with Gasteiger partial charge < -0.3 is 5.11 Å². The minimum absolute atomic E-state index is 0.0626. The van der Waals surface area contributed by atoms with Crippen LogP contribution in [0.1, 0.15) is 31.4 Å². The summed E-state index contributed by atoms with van der Waals surface area (Å²) in [5.41, 5.74) is -1.02. The van der Waals surface area contributed by atoms with Crippen molar-refractivity contribution in [2.45, 2.75) is 38.2 Å². The fraction of sp³-hybridized carbons (Fsp3) is 0.500. The van der Waals surface area contributed by atoms with Crippen molar-refractivity contribution in [1.29, 1.82) is 0 Å². The normalized spacial score (nSPS) is 14.0. The molecule has 1 rings (SSSR count). The maximum absolute atomic E-state index is 12.6. The lowest BCUT2D eigenvalue weighted by Crippen LogP contribution is -2.42. The zero-order chi connectivity index (χ0) is 17.8. The molecular formula is C14H18F3NO4S. The monoisotopic (exact) mass is 353 g/mol. The molecule has 9 heteroatoms. The molecule has 0 fully saturated rings. The number of carboxylic acids is 1. The number of aliphatic carboxylic acids is 1. The van der Waals surface area contributed by atoms with Gasteiger partial charge in [0, 0.05) is 0 Å². The quantitative estimate of drug-likeness (QED) is 0.789. The molecule has 1 atom stereocenters. The van der Waals surface area contributed by atoms with Gasteiger partial charge in [0.2, 0.25) is 10.0 Å². The molecule has 1 aromatic carbocycles. The zero-order valence-corrected chi connectivity index (χ0v) is 13.4. The van der Waals surface area contributed by atoms with Crippen molar-refractivity contribution in [2.75, 3.05) is 0 Å². The molecule has 5 nitrogen and oxygen atoms in total. The average Bonchev–Trinajstić information content (AvgIpc) is 2.35. The van der Waals surface area contributed by atoms with E-state index in [4.69, 9.17) is 5.11 Å². The second kappa shape index (κ2) is 7.31. The van der Waals surface area contributed by atoms with Crippen LogP contribution in [-0.2, 0) is 26.7 Å². The Kier molecular flexibility index (Phi) is 6.18. The van der Waals surface area contributed by atoms with Crippen LogP contribution in [0.15, 0.2) is 24.3 Å². The van der Waals surface area contributed by atoms with E-state index in [0.29, 0.717) is 0 Å². The number of rotatable bonds is 7. The lowest BCUT2D eigenvalue weighted by atomic mass is 10.1. The minimum atomic E-state index is -4.57. The van der Waals surface area contributed by atoms with Gasteiger partial charge in [-0.3, -0.25) is 4.79 Å². The maximum Gasteiger partial charge on any atom is 0.416 e. The van der Waals surface area contributed by atoms with E-state index in [-0.39, 0.29) is 17.9 Å². The Morgan fingerprint density at radius 1 is 1.30 bits per heavy atom. The number of benzene rings is 1. The lowest BCUT2D eigenvalue weighted by molar-refractivity contribution is -0.139. The van der Waals surface area contributed by atoms with Gasteiger partial charge in [-0.2, -0.15) is 13.2 Å².